The number of imide groups is 1. The summed E-state index contributed by atoms with van der Waals surface area (Å²) in [5.74, 6) is -1.00. The van der Waals surface area contributed by atoms with E-state index >= 15 is 0 Å². The van der Waals surface area contributed by atoms with Crippen LogP contribution in [0.2, 0.25) is 0 Å². The van der Waals surface area contributed by atoms with E-state index in [0.717, 1.165) is 32.9 Å². The number of ether oxygens (including phenoxy) is 1. The maximum atomic E-state index is 13.8. The third-order valence-corrected chi connectivity index (χ3v) is 8.97. The maximum Gasteiger partial charge on any atom is 0.305 e. The molecule has 3 atom stereocenters. The van der Waals surface area contributed by atoms with Gasteiger partial charge in [-0.05, 0) is 30.7 Å². The molecule has 4 aromatic rings. The molecule has 0 aliphatic carbocycles. The third-order valence-electron chi connectivity index (χ3n) is 6.57. The molecule has 0 saturated carbocycles. The number of carbonyl (C=O) groups excluding carboxylic acids is 2. The number of aromatic amines is 1. The molecule has 1 saturated heterocycles. The molecule has 0 bridgehead atoms. The first-order valence-corrected chi connectivity index (χ1v) is 13.3. The Bertz CT molecular complexity index is 1530. The molecule has 1 N–H and O–H groups in total. The van der Waals surface area contributed by atoms with Crippen LogP contribution in [-0.4, -0.2) is 22.0 Å². The molecule has 1 fully saturated rings. The Morgan fingerprint density at radius 2 is 1.69 bits per heavy atom. The summed E-state index contributed by atoms with van der Waals surface area (Å²) in [6.45, 7) is 2.40. The molecular formula is C28H22N2O4S2. The number of H-pyrrole nitrogens is 1. The van der Waals surface area contributed by atoms with E-state index in [4.69, 9.17) is 4.74 Å². The van der Waals surface area contributed by atoms with Gasteiger partial charge in [-0.2, -0.15) is 0 Å². The van der Waals surface area contributed by atoms with Crippen LogP contribution in [0.15, 0.2) is 88.7 Å². The second-order valence-corrected chi connectivity index (χ2v) is 11.1. The average Bonchev–Trinajstić information content (AvgIpc) is 3.38. The van der Waals surface area contributed by atoms with Crippen molar-refractivity contribution in [1.29, 1.82) is 0 Å². The van der Waals surface area contributed by atoms with Crippen LogP contribution in [-0.2, 0) is 16.2 Å². The van der Waals surface area contributed by atoms with Gasteiger partial charge in [0.05, 0.1) is 16.6 Å². The highest BCUT2D eigenvalue weighted by Gasteiger charge is 2.56. The molecule has 3 aromatic carbocycles. The number of fused-ring (bicyclic) bond motifs is 2. The molecule has 0 unspecified atom stereocenters. The van der Waals surface area contributed by atoms with E-state index in [1.54, 1.807) is 12.1 Å². The molecule has 2 amide bonds. The van der Waals surface area contributed by atoms with Crippen LogP contribution in [0, 0.1) is 12.8 Å². The number of nitrogens with one attached hydrogen (secondary N) is 1. The predicted molar refractivity (Wildman–Crippen MR) is 141 cm³/mol. The average molecular weight is 515 g/mol. The van der Waals surface area contributed by atoms with E-state index in [1.807, 2.05) is 67.6 Å². The van der Waals surface area contributed by atoms with Gasteiger partial charge in [-0.25, -0.2) is 4.90 Å². The van der Waals surface area contributed by atoms with E-state index in [1.165, 1.54) is 16.7 Å². The molecule has 0 spiro atoms. The number of thiazole rings is 1. The Hall–Kier alpha value is -3.62. The zero-order chi connectivity index (χ0) is 24.8. The second kappa shape index (κ2) is 9.11. The van der Waals surface area contributed by atoms with Crippen molar-refractivity contribution in [2.24, 2.45) is 5.92 Å². The lowest BCUT2D eigenvalue weighted by atomic mass is 9.82. The molecule has 3 heterocycles. The van der Waals surface area contributed by atoms with E-state index < -0.39 is 17.1 Å². The molecule has 6 rings (SSSR count). The lowest BCUT2D eigenvalue weighted by molar-refractivity contribution is -0.122. The first kappa shape index (κ1) is 22.8. The Morgan fingerprint density at radius 1 is 0.917 bits per heavy atom. The van der Waals surface area contributed by atoms with Crippen LogP contribution in [0.3, 0.4) is 0 Å². The van der Waals surface area contributed by atoms with E-state index in [-0.39, 0.29) is 16.7 Å². The van der Waals surface area contributed by atoms with E-state index in [9.17, 15) is 14.4 Å². The molecule has 1 aromatic heterocycles. The van der Waals surface area contributed by atoms with Gasteiger partial charge < -0.3 is 9.72 Å². The summed E-state index contributed by atoms with van der Waals surface area (Å²) >= 11 is 2.37. The zero-order valence-corrected chi connectivity index (χ0v) is 21.0. The highest BCUT2D eigenvalue weighted by molar-refractivity contribution is 8.00. The number of benzene rings is 3. The predicted octanol–water partition coefficient (Wildman–Crippen LogP) is 5.12. The Labute approximate surface area is 215 Å². The minimum Gasteiger partial charge on any atom is -0.489 e. The summed E-state index contributed by atoms with van der Waals surface area (Å²) < 4.78 is 6.27. The van der Waals surface area contributed by atoms with Crippen molar-refractivity contribution < 1.29 is 14.3 Å². The number of aryl methyl sites for hydroxylation is 1. The summed E-state index contributed by atoms with van der Waals surface area (Å²) in [6, 6.07) is 24.7. The van der Waals surface area contributed by atoms with Crippen LogP contribution in [0.4, 0.5) is 5.69 Å². The molecule has 8 heteroatoms. The molecule has 0 radical (unpaired) electrons. The number of nitrogens with zero attached hydrogens (tertiary/aromatic N) is 1. The normalized spacial score (nSPS) is 20.8. The van der Waals surface area contributed by atoms with Crippen molar-refractivity contribution in [2.45, 2.75) is 29.7 Å². The van der Waals surface area contributed by atoms with Gasteiger partial charge >= 0.3 is 4.87 Å². The summed E-state index contributed by atoms with van der Waals surface area (Å²) in [6.07, 6.45) is 0. The van der Waals surface area contributed by atoms with Crippen LogP contribution in [0.5, 0.6) is 5.75 Å². The monoisotopic (exact) mass is 514 g/mol. The smallest absolute Gasteiger partial charge is 0.305 e. The fraction of sp³-hybridized carbons (Fsp3) is 0.179. The van der Waals surface area contributed by atoms with Crippen LogP contribution < -0.4 is 14.5 Å². The molecule has 36 heavy (non-hydrogen) atoms. The molecular weight excluding hydrogens is 492 g/mol. The highest BCUT2D eigenvalue weighted by Crippen LogP contribution is 2.54. The number of hydrogen-bond donors (Lipinski definition) is 1. The van der Waals surface area contributed by atoms with Crippen LogP contribution in [0.1, 0.15) is 27.5 Å². The SMILES string of the molecule is Cc1cccc(COc2ccccc2[C@@H]2c3sc(=O)[nH]c3S[C@H]3C(=O)N(c4ccccc4)C(=O)[C@@H]23)c1. The van der Waals surface area contributed by atoms with Crippen molar-refractivity contribution in [3.63, 3.8) is 0 Å². The lowest BCUT2D eigenvalue weighted by Crippen LogP contribution is -2.32. The molecule has 2 aliphatic rings. The summed E-state index contributed by atoms with van der Waals surface area (Å²) in [5, 5.41) is 0.0195. The van der Waals surface area contributed by atoms with Gasteiger partial charge in [0, 0.05) is 16.4 Å². The van der Waals surface area contributed by atoms with Crippen LogP contribution in [0.25, 0.3) is 0 Å². The van der Waals surface area contributed by atoms with Crippen LogP contribution >= 0.6 is 23.1 Å². The standard InChI is InChI=1S/C28H22N2O4S2/c1-16-8-7-9-17(14-16)15-34-20-13-6-5-12-19(20)21-22-24(35-25-23(21)36-28(33)29-25)27(32)30(26(22)31)18-10-3-2-4-11-18/h2-14,21-22,24H,15H2,1H3,(H,29,33)/t21-,22-,24+/m0/s1. The number of aromatic nitrogens is 1. The third kappa shape index (κ3) is 3.86. The van der Waals surface area contributed by atoms with Crippen molar-refractivity contribution in [2.75, 3.05) is 4.90 Å². The van der Waals surface area contributed by atoms with Gasteiger partial charge in [-0.15, -0.1) is 0 Å². The van der Waals surface area contributed by atoms with Gasteiger partial charge in [0.2, 0.25) is 11.8 Å². The Balaban J connectivity index is 1.43. The largest absolute Gasteiger partial charge is 0.489 e. The number of amides is 2. The number of thioether (sulfide) groups is 1. The summed E-state index contributed by atoms with van der Waals surface area (Å²) in [7, 11) is 0. The fourth-order valence-electron chi connectivity index (χ4n) is 5.02. The minimum atomic E-state index is -0.648. The van der Waals surface area contributed by atoms with Crippen molar-refractivity contribution in [3.8, 4) is 5.75 Å². The van der Waals surface area contributed by atoms with Crippen molar-refractivity contribution >= 4 is 40.6 Å². The van der Waals surface area contributed by atoms with E-state index in [2.05, 4.69) is 11.1 Å². The Kier molecular flexibility index (Phi) is 5.78. The van der Waals surface area contributed by atoms with Gasteiger partial charge in [0.25, 0.3) is 0 Å². The zero-order valence-electron chi connectivity index (χ0n) is 19.3. The van der Waals surface area contributed by atoms with Gasteiger partial charge in [0.1, 0.15) is 17.6 Å². The summed E-state index contributed by atoms with van der Waals surface area (Å²) in [4.78, 5) is 44.5. The summed E-state index contributed by atoms with van der Waals surface area (Å²) in [5.41, 5.74) is 3.54. The number of anilines is 1. The molecule has 6 nitrogen and oxygen atoms in total. The minimum absolute atomic E-state index is 0.199. The first-order chi connectivity index (χ1) is 17.5. The highest BCUT2D eigenvalue weighted by atomic mass is 32.2. The number of para-hydroxylation sites is 2. The topological polar surface area (TPSA) is 79.5 Å². The quantitative estimate of drug-likeness (QED) is 0.374. The lowest BCUT2D eigenvalue weighted by Gasteiger charge is -2.30. The van der Waals surface area contributed by atoms with Gasteiger partial charge in [-0.1, -0.05) is 89.3 Å². The first-order valence-electron chi connectivity index (χ1n) is 11.6. The van der Waals surface area contributed by atoms with Gasteiger partial charge in [-0.3, -0.25) is 14.4 Å². The number of rotatable bonds is 5. The van der Waals surface area contributed by atoms with Crippen molar-refractivity contribution in [3.05, 3.63) is 110 Å². The molecule has 180 valence electrons. The molecule has 2 aliphatic heterocycles. The number of carbonyl (C=O) groups is 2. The fourth-order valence-corrected chi connectivity index (χ4v) is 7.52. The van der Waals surface area contributed by atoms with Gasteiger partial charge in [0.15, 0.2) is 0 Å². The maximum absolute atomic E-state index is 13.8. The van der Waals surface area contributed by atoms with E-state index in [0.29, 0.717) is 23.1 Å². The van der Waals surface area contributed by atoms with Crippen molar-refractivity contribution in [1.82, 2.24) is 4.98 Å². The second-order valence-electron chi connectivity index (χ2n) is 8.91. The number of hydrogen-bond acceptors (Lipinski definition) is 6. The Morgan fingerprint density at radius 3 is 2.50 bits per heavy atom.